The van der Waals surface area contributed by atoms with E-state index >= 15 is 0 Å². The lowest BCUT2D eigenvalue weighted by molar-refractivity contribution is 0.0699. The predicted octanol–water partition coefficient (Wildman–Crippen LogP) is 3.26. The van der Waals surface area contributed by atoms with Gasteiger partial charge in [-0.2, -0.15) is 5.26 Å². The number of aromatic nitrogens is 1. The largest absolute Gasteiger partial charge is 0.369 e. The number of piperidine rings is 1. The van der Waals surface area contributed by atoms with Crippen LogP contribution in [-0.4, -0.2) is 82.0 Å². The van der Waals surface area contributed by atoms with E-state index in [9.17, 15) is 14.3 Å². The van der Waals surface area contributed by atoms with Crippen LogP contribution in [0.2, 0.25) is 0 Å². The second-order valence-corrected chi connectivity index (χ2v) is 12.1. The number of fused-ring (bicyclic) bond motifs is 1. The Labute approximate surface area is 218 Å². The monoisotopic (exact) mass is 522 g/mol. The maximum absolute atomic E-state index is 13.8. The first-order valence-corrected chi connectivity index (χ1v) is 14.1. The quantitative estimate of drug-likeness (QED) is 0.514. The highest BCUT2D eigenvalue weighted by Gasteiger charge is 2.38. The number of nitrogens with zero attached hydrogens (tertiary/aromatic N) is 6. The fourth-order valence-electron chi connectivity index (χ4n) is 5.15. The van der Waals surface area contributed by atoms with Gasteiger partial charge in [0, 0.05) is 59.6 Å². The van der Waals surface area contributed by atoms with Crippen LogP contribution in [0, 0.1) is 11.3 Å². The molecule has 2 aliphatic rings. The minimum atomic E-state index is -1.19. The third kappa shape index (κ3) is 4.52. The highest BCUT2D eigenvalue weighted by Crippen LogP contribution is 2.40. The Balaban J connectivity index is 1.40. The van der Waals surface area contributed by atoms with Crippen molar-refractivity contribution in [3.8, 4) is 6.07 Å². The first-order valence-electron chi connectivity index (χ1n) is 12.1. The van der Waals surface area contributed by atoms with Gasteiger partial charge >= 0.3 is 0 Å². The Morgan fingerprint density at radius 1 is 1.08 bits per heavy atom. The van der Waals surface area contributed by atoms with E-state index in [2.05, 4.69) is 16.0 Å². The van der Waals surface area contributed by atoms with Gasteiger partial charge in [0.15, 0.2) is 11.2 Å². The van der Waals surface area contributed by atoms with Crippen LogP contribution in [-0.2, 0) is 16.6 Å². The number of carbonyl (C=O) groups is 1. The molecule has 4 heterocycles. The molecular weight excluding hydrogens is 492 g/mol. The average molecular weight is 523 g/mol. The van der Waals surface area contributed by atoms with Crippen LogP contribution in [0.4, 0.5) is 5.69 Å². The number of benzene rings is 1. The van der Waals surface area contributed by atoms with E-state index in [-0.39, 0.29) is 5.91 Å². The molecule has 0 spiro atoms. The summed E-state index contributed by atoms with van der Waals surface area (Å²) in [6, 6.07) is 14.6. The van der Waals surface area contributed by atoms with E-state index in [0.717, 1.165) is 21.5 Å². The molecule has 5 rings (SSSR count). The molecule has 2 fully saturated rings. The van der Waals surface area contributed by atoms with Gasteiger partial charge < -0.3 is 9.80 Å². The molecule has 3 aromatic rings. The number of hydrogen-bond donors (Lipinski definition) is 0. The van der Waals surface area contributed by atoms with Crippen LogP contribution in [0.5, 0.6) is 0 Å². The maximum Gasteiger partial charge on any atom is 0.257 e. The van der Waals surface area contributed by atoms with Crippen LogP contribution in [0.1, 0.15) is 28.8 Å². The third-order valence-electron chi connectivity index (χ3n) is 7.21. The topological polar surface area (TPSA) is 83.8 Å². The van der Waals surface area contributed by atoms with Gasteiger partial charge in [0.25, 0.3) is 5.91 Å². The van der Waals surface area contributed by atoms with E-state index < -0.39 is 16.6 Å². The summed E-state index contributed by atoms with van der Waals surface area (Å²) in [6.07, 6.45) is 3.11. The van der Waals surface area contributed by atoms with Crippen molar-refractivity contribution in [1.29, 1.82) is 5.26 Å². The van der Waals surface area contributed by atoms with Crippen molar-refractivity contribution < 1.29 is 9.00 Å². The molecule has 2 aliphatic heterocycles. The van der Waals surface area contributed by atoms with Gasteiger partial charge in [-0.05, 0) is 29.9 Å². The smallest absolute Gasteiger partial charge is 0.257 e. The molecule has 1 atom stereocenters. The number of anilines is 1. The molecule has 2 aromatic heterocycles. The summed E-state index contributed by atoms with van der Waals surface area (Å²) in [6.45, 7) is 3.54. The van der Waals surface area contributed by atoms with Crippen LogP contribution in [0.25, 0.3) is 10.2 Å². The fraction of sp³-hybridized carbons (Fsp3) is 0.423. The summed E-state index contributed by atoms with van der Waals surface area (Å²) in [5.74, 6) is -0.0386. The molecule has 36 heavy (non-hydrogen) atoms. The lowest BCUT2D eigenvalue weighted by Crippen LogP contribution is -2.51. The summed E-state index contributed by atoms with van der Waals surface area (Å²) in [5, 5.41) is 12.1. The Morgan fingerprint density at radius 3 is 2.42 bits per heavy atom. The summed E-state index contributed by atoms with van der Waals surface area (Å²) in [7, 11) is 3.58. The van der Waals surface area contributed by atoms with Gasteiger partial charge in [0.05, 0.1) is 33.0 Å². The number of amides is 1. The third-order valence-corrected chi connectivity index (χ3v) is 9.55. The van der Waals surface area contributed by atoms with Crippen molar-refractivity contribution in [1.82, 2.24) is 18.5 Å². The highest BCUT2D eigenvalue weighted by molar-refractivity contribution is 7.80. The standard InChI is InChI=1S/C26H30N6O2S2/c1-29(2)36(34)32-15-13-31(14-16-32)25(33)21-18-28-22-8-17-35-24(22)23(21)30-11-9-26(19-27,10-12-30)20-6-4-3-5-7-20/h3-8,17-18H,9-16H2,1-2H3. The van der Waals surface area contributed by atoms with Crippen molar-refractivity contribution in [2.75, 3.05) is 58.3 Å². The van der Waals surface area contributed by atoms with E-state index in [1.165, 1.54) is 0 Å². The summed E-state index contributed by atoms with van der Waals surface area (Å²) in [5.41, 5.74) is 2.97. The molecule has 0 N–H and O–H groups in total. The van der Waals surface area contributed by atoms with Crippen molar-refractivity contribution in [3.63, 3.8) is 0 Å². The minimum Gasteiger partial charge on any atom is -0.369 e. The van der Waals surface area contributed by atoms with Gasteiger partial charge in [-0.1, -0.05) is 30.3 Å². The molecule has 188 valence electrons. The number of nitriles is 1. The van der Waals surface area contributed by atoms with Gasteiger partial charge in [-0.15, -0.1) is 11.3 Å². The molecule has 0 aliphatic carbocycles. The van der Waals surface area contributed by atoms with Crippen molar-refractivity contribution >= 4 is 44.3 Å². The van der Waals surface area contributed by atoms with E-state index in [1.54, 1.807) is 35.9 Å². The zero-order valence-corrected chi connectivity index (χ0v) is 22.2. The van der Waals surface area contributed by atoms with Crippen molar-refractivity contribution in [2.24, 2.45) is 0 Å². The fourth-order valence-corrected chi connectivity index (χ4v) is 7.02. The van der Waals surface area contributed by atoms with E-state index in [0.29, 0.717) is 57.7 Å². The zero-order chi connectivity index (χ0) is 25.3. The number of piperazine rings is 1. The molecule has 8 nitrogen and oxygen atoms in total. The number of thiophene rings is 1. The normalized spacial score (nSPS) is 19.4. The van der Waals surface area contributed by atoms with Gasteiger partial charge in [0.1, 0.15) is 0 Å². The van der Waals surface area contributed by atoms with Crippen LogP contribution < -0.4 is 4.90 Å². The van der Waals surface area contributed by atoms with Gasteiger partial charge in [-0.3, -0.25) is 9.78 Å². The molecule has 2 saturated heterocycles. The first-order chi connectivity index (χ1) is 17.4. The highest BCUT2D eigenvalue weighted by atomic mass is 32.2. The first kappa shape index (κ1) is 24.8. The molecule has 0 radical (unpaired) electrons. The number of pyridine rings is 1. The Hall–Kier alpha value is -2.84. The number of carbonyl (C=O) groups excluding carboxylic acids is 1. The second-order valence-electron chi connectivity index (χ2n) is 9.47. The Kier molecular flexibility index (Phi) is 7.08. The van der Waals surface area contributed by atoms with Gasteiger partial charge in [0.2, 0.25) is 0 Å². The Morgan fingerprint density at radius 2 is 1.78 bits per heavy atom. The number of rotatable bonds is 5. The van der Waals surface area contributed by atoms with E-state index in [1.807, 2.05) is 51.0 Å². The van der Waals surface area contributed by atoms with Gasteiger partial charge in [-0.25, -0.2) is 12.8 Å². The van der Waals surface area contributed by atoms with Crippen LogP contribution in [0.3, 0.4) is 0 Å². The molecule has 1 aromatic carbocycles. The van der Waals surface area contributed by atoms with Crippen LogP contribution in [0.15, 0.2) is 48.0 Å². The molecule has 0 bridgehead atoms. The summed E-state index contributed by atoms with van der Waals surface area (Å²) in [4.78, 5) is 22.5. The number of hydrogen-bond acceptors (Lipinski definition) is 6. The molecule has 10 heteroatoms. The molecule has 1 unspecified atom stereocenters. The minimum absolute atomic E-state index is 0.0386. The predicted molar refractivity (Wildman–Crippen MR) is 144 cm³/mol. The molecular formula is C26H30N6O2S2. The molecule has 1 amide bonds. The summed E-state index contributed by atoms with van der Waals surface area (Å²) >= 11 is 0.408. The van der Waals surface area contributed by atoms with Crippen LogP contribution >= 0.6 is 11.3 Å². The van der Waals surface area contributed by atoms with E-state index in [4.69, 9.17) is 0 Å². The summed E-state index contributed by atoms with van der Waals surface area (Å²) < 4.78 is 17.0. The lowest BCUT2D eigenvalue weighted by Gasteiger charge is -2.40. The maximum atomic E-state index is 13.8. The van der Waals surface area contributed by atoms with Crippen molar-refractivity contribution in [2.45, 2.75) is 18.3 Å². The lowest BCUT2D eigenvalue weighted by atomic mass is 9.74. The zero-order valence-electron chi connectivity index (χ0n) is 20.6. The van der Waals surface area contributed by atoms with Crippen molar-refractivity contribution in [3.05, 3.63) is 59.1 Å². The Bertz CT molecular complexity index is 1300. The SMILES string of the molecule is CN(C)S(=O)N1CCN(C(=O)c2cnc3ccsc3c2N2CCC(C#N)(c3ccccc3)CC2)CC1. The second kappa shape index (κ2) is 10.3. The average Bonchev–Trinajstić information content (AvgIpc) is 3.41. The molecule has 0 saturated carbocycles.